The second-order valence-corrected chi connectivity index (χ2v) is 7.70. The third-order valence-corrected chi connectivity index (χ3v) is 5.57. The minimum Gasteiger partial charge on any atom is -0.495 e. The van der Waals surface area contributed by atoms with E-state index in [4.69, 9.17) is 16.3 Å². The minimum absolute atomic E-state index is 0.165. The van der Waals surface area contributed by atoms with E-state index < -0.39 is 11.7 Å². The topological polar surface area (TPSA) is 57.7 Å². The molecule has 0 saturated carbocycles. The second-order valence-electron chi connectivity index (χ2n) is 7.29. The molecule has 3 rings (SSSR count). The van der Waals surface area contributed by atoms with Crippen molar-refractivity contribution in [3.63, 3.8) is 0 Å². The molecule has 1 fully saturated rings. The number of ether oxygens (including phenoxy) is 1. The molecule has 168 valence electrons. The van der Waals surface area contributed by atoms with Gasteiger partial charge in [0.05, 0.1) is 23.7 Å². The first-order chi connectivity index (χ1) is 14.7. The molecule has 1 amide bonds. The van der Waals surface area contributed by atoms with Crippen LogP contribution < -0.4 is 15.0 Å². The molecule has 1 aromatic heterocycles. The van der Waals surface area contributed by atoms with Gasteiger partial charge in [0.15, 0.2) is 0 Å². The number of pyridine rings is 1. The van der Waals surface area contributed by atoms with Crippen LogP contribution in [-0.2, 0) is 11.0 Å². The Kier molecular flexibility index (Phi) is 7.27. The van der Waals surface area contributed by atoms with E-state index in [0.717, 1.165) is 18.7 Å². The quantitative estimate of drug-likeness (QED) is 0.727. The van der Waals surface area contributed by atoms with Gasteiger partial charge in [0.25, 0.3) is 0 Å². The van der Waals surface area contributed by atoms with Crippen LogP contribution in [0.5, 0.6) is 5.75 Å². The molecule has 0 spiro atoms. The molecule has 1 aromatic carbocycles. The van der Waals surface area contributed by atoms with Crippen LogP contribution in [-0.4, -0.2) is 55.1 Å². The van der Waals surface area contributed by atoms with E-state index in [9.17, 15) is 18.0 Å². The van der Waals surface area contributed by atoms with Crippen LogP contribution in [0.2, 0.25) is 5.02 Å². The van der Waals surface area contributed by atoms with E-state index in [-0.39, 0.29) is 11.9 Å². The van der Waals surface area contributed by atoms with Gasteiger partial charge in [-0.05, 0) is 43.7 Å². The number of halogens is 4. The SMILES string of the molecule is COc1ccc(NC(=O)[C@H](C)N2CCCN(c3ccc(C(F)(F)F)cn3)CC2)cc1Cl. The number of hydrogen-bond donors (Lipinski definition) is 1. The van der Waals surface area contributed by atoms with Gasteiger partial charge in [0, 0.05) is 38.1 Å². The maximum absolute atomic E-state index is 12.7. The molecule has 31 heavy (non-hydrogen) atoms. The number of nitrogens with zero attached hydrogens (tertiary/aromatic N) is 3. The zero-order valence-electron chi connectivity index (χ0n) is 17.2. The van der Waals surface area contributed by atoms with Crippen LogP contribution in [0.1, 0.15) is 18.9 Å². The third-order valence-electron chi connectivity index (χ3n) is 5.28. The van der Waals surface area contributed by atoms with Crippen molar-refractivity contribution in [2.45, 2.75) is 25.6 Å². The van der Waals surface area contributed by atoms with Crippen LogP contribution in [0.15, 0.2) is 36.5 Å². The summed E-state index contributed by atoms with van der Waals surface area (Å²) in [5.74, 6) is 0.861. The molecule has 2 heterocycles. The Balaban J connectivity index is 1.59. The van der Waals surface area contributed by atoms with Gasteiger partial charge in [-0.3, -0.25) is 9.69 Å². The molecular weight excluding hydrogens is 433 g/mol. The van der Waals surface area contributed by atoms with E-state index in [0.29, 0.717) is 48.5 Å². The number of anilines is 2. The van der Waals surface area contributed by atoms with E-state index in [1.54, 1.807) is 18.2 Å². The number of hydrogen-bond acceptors (Lipinski definition) is 5. The van der Waals surface area contributed by atoms with Crippen molar-refractivity contribution in [2.24, 2.45) is 0 Å². The number of alkyl halides is 3. The Morgan fingerprint density at radius 1 is 1.19 bits per heavy atom. The fourth-order valence-electron chi connectivity index (χ4n) is 3.45. The molecule has 1 aliphatic heterocycles. The molecule has 0 radical (unpaired) electrons. The van der Waals surface area contributed by atoms with Gasteiger partial charge in [-0.2, -0.15) is 13.2 Å². The predicted octanol–water partition coefficient (Wildman–Crippen LogP) is 4.30. The van der Waals surface area contributed by atoms with Crippen LogP contribution in [0, 0.1) is 0 Å². The number of rotatable bonds is 5. The maximum atomic E-state index is 12.7. The van der Waals surface area contributed by atoms with E-state index in [1.807, 2.05) is 16.7 Å². The van der Waals surface area contributed by atoms with E-state index >= 15 is 0 Å². The Bertz CT molecular complexity index is 908. The lowest BCUT2D eigenvalue weighted by Crippen LogP contribution is -2.44. The molecule has 0 unspecified atom stereocenters. The lowest BCUT2D eigenvalue weighted by molar-refractivity contribution is -0.137. The van der Waals surface area contributed by atoms with Crippen molar-refractivity contribution in [3.8, 4) is 5.75 Å². The van der Waals surface area contributed by atoms with Gasteiger partial charge in [0.1, 0.15) is 11.6 Å². The lowest BCUT2D eigenvalue weighted by atomic mass is 10.2. The molecule has 10 heteroatoms. The van der Waals surface area contributed by atoms with Crippen LogP contribution in [0.3, 0.4) is 0 Å². The maximum Gasteiger partial charge on any atom is 0.417 e. The number of carbonyl (C=O) groups is 1. The van der Waals surface area contributed by atoms with Crippen LogP contribution in [0.4, 0.5) is 24.7 Å². The highest BCUT2D eigenvalue weighted by molar-refractivity contribution is 6.32. The van der Waals surface area contributed by atoms with E-state index in [2.05, 4.69) is 10.3 Å². The third kappa shape index (κ3) is 5.80. The van der Waals surface area contributed by atoms with Gasteiger partial charge >= 0.3 is 6.18 Å². The number of carbonyl (C=O) groups excluding carboxylic acids is 1. The molecule has 1 saturated heterocycles. The van der Waals surface area contributed by atoms with Gasteiger partial charge in [-0.25, -0.2) is 4.98 Å². The predicted molar refractivity (Wildman–Crippen MR) is 114 cm³/mol. The molecule has 2 aromatic rings. The second kappa shape index (κ2) is 9.74. The van der Waals surface area contributed by atoms with Crippen molar-refractivity contribution >= 4 is 29.0 Å². The highest BCUT2D eigenvalue weighted by atomic mass is 35.5. The Hall–Kier alpha value is -2.52. The highest BCUT2D eigenvalue weighted by Gasteiger charge is 2.31. The largest absolute Gasteiger partial charge is 0.495 e. The monoisotopic (exact) mass is 456 g/mol. The molecular formula is C21H24ClF3N4O2. The van der Waals surface area contributed by atoms with Crippen LogP contribution >= 0.6 is 11.6 Å². The smallest absolute Gasteiger partial charge is 0.417 e. The Labute approximate surface area is 183 Å². The molecule has 1 aliphatic rings. The first-order valence-electron chi connectivity index (χ1n) is 9.85. The fourth-order valence-corrected chi connectivity index (χ4v) is 3.71. The average molecular weight is 457 g/mol. The van der Waals surface area contributed by atoms with Gasteiger partial charge in [0.2, 0.25) is 5.91 Å². The molecule has 1 atom stereocenters. The summed E-state index contributed by atoms with van der Waals surface area (Å²) in [5, 5.41) is 3.27. The number of benzene rings is 1. The van der Waals surface area contributed by atoms with Crippen molar-refractivity contribution in [3.05, 3.63) is 47.1 Å². The summed E-state index contributed by atoms with van der Waals surface area (Å²) >= 11 is 6.11. The standard InChI is InChI=1S/C21H24ClF3N4O2/c1-14(20(30)27-16-5-6-18(31-2)17(22)12-16)28-8-3-9-29(11-10-28)19-7-4-15(13-26-19)21(23,24)25/h4-7,12-14H,3,8-11H2,1-2H3,(H,27,30)/t14-/m0/s1. The minimum atomic E-state index is -4.40. The first kappa shape index (κ1) is 23.1. The molecule has 6 nitrogen and oxygen atoms in total. The number of nitrogens with one attached hydrogen (secondary N) is 1. The molecule has 0 aliphatic carbocycles. The fraction of sp³-hybridized carbons (Fsp3) is 0.429. The van der Waals surface area contributed by atoms with Gasteiger partial charge in [-0.1, -0.05) is 11.6 Å². The zero-order chi connectivity index (χ0) is 22.6. The highest BCUT2D eigenvalue weighted by Crippen LogP contribution is 2.30. The zero-order valence-corrected chi connectivity index (χ0v) is 18.0. The van der Waals surface area contributed by atoms with Crippen LogP contribution in [0.25, 0.3) is 0 Å². The summed E-state index contributed by atoms with van der Waals surface area (Å²) in [7, 11) is 1.52. The molecule has 0 bridgehead atoms. The van der Waals surface area contributed by atoms with Crippen molar-refractivity contribution in [1.29, 1.82) is 0 Å². The Morgan fingerprint density at radius 2 is 1.97 bits per heavy atom. The van der Waals surface area contributed by atoms with Gasteiger partial charge in [-0.15, -0.1) is 0 Å². The van der Waals surface area contributed by atoms with Crippen molar-refractivity contribution in [2.75, 3.05) is 43.5 Å². The number of amides is 1. The normalized spacial score (nSPS) is 16.5. The van der Waals surface area contributed by atoms with Gasteiger partial charge < -0.3 is 15.0 Å². The van der Waals surface area contributed by atoms with Crippen molar-refractivity contribution < 1.29 is 22.7 Å². The number of methoxy groups -OCH3 is 1. The number of aromatic nitrogens is 1. The average Bonchev–Trinajstić information content (AvgIpc) is 2.99. The molecule has 1 N–H and O–H groups in total. The summed E-state index contributed by atoms with van der Waals surface area (Å²) in [4.78, 5) is 20.7. The lowest BCUT2D eigenvalue weighted by Gasteiger charge is -2.27. The summed E-state index contributed by atoms with van der Waals surface area (Å²) in [6, 6.07) is 7.08. The summed E-state index contributed by atoms with van der Waals surface area (Å²) in [5.41, 5.74) is -0.190. The van der Waals surface area contributed by atoms with Crippen molar-refractivity contribution in [1.82, 2.24) is 9.88 Å². The van der Waals surface area contributed by atoms with E-state index in [1.165, 1.54) is 13.2 Å². The Morgan fingerprint density at radius 3 is 2.58 bits per heavy atom. The summed E-state index contributed by atoms with van der Waals surface area (Å²) < 4.78 is 43.4. The summed E-state index contributed by atoms with van der Waals surface area (Å²) in [6.07, 6.45) is -2.79. The summed E-state index contributed by atoms with van der Waals surface area (Å²) in [6.45, 7) is 4.31. The first-order valence-corrected chi connectivity index (χ1v) is 10.2.